The fourth-order valence-corrected chi connectivity index (χ4v) is 3.21. The van der Waals surface area contributed by atoms with Crippen molar-refractivity contribution < 1.29 is 14.4 Å². The van der Waals surface area contributed by atoms with Crippen LogP contribution in [0.5, 0.6) is 0 Å². The number of carbonyl (C=O) groups excluding carboxylic acids is 3. The number of imidazole rings is 1. The molecule has 4 amide bonds. The van der Waals surface area contributed by atoms with Gasteiger partial charge in [0.15, 0.2) is 4.96 Å². The quantitative estimate of drug-likeness (QED) is 0.550. The van der Waals surface area contributed by atoms with Crippen molar-refractivity contribution in [3.8, 4) is 11.3 Å². The van der Waals surface area contributed by atoms with Crippen molar-refractivity contribution >= 4 is 40.2 Å². The van der Waals surface area contributed by atoms with E-state index < -0.39 is 17.8 Å². The van der Waals surface area contributed by atoms with Gasteiger partial charge >= 0.3 is 6.03 Å². The molecule has 0 radical (unpaired) electrons. The van der Waals surface area contributed by atoms with Crippen molar-refractivity contribution in [3.05, 3.63) is 53.2 Å². The van der Waals surface area contributed by atoms with Gasteiger partial charge < -0.3 is 0 Å². The van der Waals surface area contributed by atoms with Gasteiger partial charge in [-0.15, -0.1) is 11.3 Å². The molecule has 8 heteroatoms. The van der Waals surface area contributed by atoms with Crippen LogP contribution in [0.4, 0.5) is 4.79 Å². The fourth-order valence-electron chi connectivity index (χ4n) is 2.49. The number of amides is 4. The van der Waals surface area contributed by atoms with E-state index in [2.05, 4.69) is 15.6 Å². The number of aromatic nitrogens is 2. The Bertz CT molecular complexity index is 995. The molecule has 0 spiro atoms. The number of rotatable bonds is 2. The molecule has 1 fully saturated rings. The molecular weight excluding hydrogens is 328 g/mol. The molecule has 1 aliphatic rings. The van der Waals surface area contributed by atoms with Crippen molar-refractivity contribution in [2.45, 2.75) is 0 Å². The van der Waals surface area contributed by atoms with E-state index in [-0.39, 0.29) is 5.57 Å². The van der Waals surface area contributed by atoms with E-state index in [4.69, 9.17) is 0 Å². The van der Waals surface area contributed by atoms with Crippen LogP contribution in [0.1, 0.15) is 5.69 Å². The summed E-state index contributed by atoms with van der Waals surface area (Å²) in [5, 5.41) is 6.00. The van der Waals surface area contributed by atoms with Crippen LogP contribution in [0.2, 0.25) is 0 Å². The molecular formula is C16H10N4O3S. The van der Waals surface area contributed by atoms with E-state index in [1.807, 2.05) is 41.9 Å². The number of fused-ring (bicyclic) bond motifs is 1. The predicted octanol–water partition coefficient (Wildman–Crippen LogP) is 1.81. The Morgan fingerprint density at radius 1 is 1.04 bits per heavy atom. The Hall–Kier alpha value is -3.26. The molecule has 4 rings (SSSR count). The van der Waals surface area contributed by atoms with Gasteiger partial charge in [0.25, 0.3) is 11.8 Å². The highest BCUT2D eigenvalue weighted by Gasteiger charge is 2.28. The van der Waals surface area contributed by atoms with Crippen molar-refractivity contribution in [1.82, 2.24) is 20.0 Å². The lowest BCUT2D eigenvalue weighted by atomic mass is 10.1. The number of thiazole rings is 1. The average molecular weight is 338 g/mol. The monoisotopic (exact) mass is 338 g/mol. The van der Waals surface area contributed by atoms with Crippen LogP contribution >= 0.6 is 11.3 Å². The number of hydrogen-bond donors (Lipinski definition) is 2. The van der Waals surface area contributed by atoms with Crippen LogP contribution in [-0.4, -0.2) is 27.2 Å². The third-order valence-corrected chi connectivity index (χ3v) is 4.33. The summed E-state index contributed by atoms with van der Waals surface area (Å²) >= 11 is 1.45. The summed E-state index contributed by atoms with van der Waals surface area (Å²) in [4.78, 5) is 40.5. The van der Waals surface area contributed by atoms with E-state index in [0.29, 0.717) is 11.4 Å². The maximum absolute atomic E-state index is 12.0. The van der Waals surface area contributed by atoms with E-state index in [9.17, 15) is 14.4 Å². The molecule has 1 saturated heterocycles. The summed E-state index contributed by atoms with van der Waals surface area (Å²) in [6, 6.07) is 8.65. The molecule has 0 unspecified atom stereocenters. The highest BCUT2D eigenvalue weighted by atomic mass is 32.1. The number of hydrogen-bond acceptors (Lipinski definition) is 5. The van der Waals surface area contributed by atoms with Crippen LogP contribution in [0, 0.1) is 0 Å². The summed E-state index contributed by atoms with van der Waals surface area (Å²) in [6.45, 7) is 0. The molecule has 0 bridgehead atoms. The summed E-state index contributed by atoms with van der Waals surface area (Å²) in [5.41, 5.74) is 1.99. The maximum Gasteiger partial charge on any atom is 0.328 e. The molecule has 2 N–H and O–H groups in total. The Balaban J connectivity index is 1.91. The molecule has 0 aliphatic carbocycles. The number of nitrogens with one attached hydrogen (secondary N) is 2. The largest absolute Gasteiger partial charge is 0.328 e. The first-order valence-corrected chi connectivity index (χ1v) is 7.91. The highest BCUT2D eigenvalue weighted by molar-refractivity contribution is 7.15. The zero-order valence-electron chi connectivity index (χ0n) is 12.1. The lowest BCUT2D eigenvalue weighted by molar-refractivity contribution is -0.123. The zero-order valence-corrected chi connectivity index (χ0v) is 13.0. The molecule has 24 heavy (non-hydrogen) atoms. The minimum Gasteiger partial charge on any atom is -0.290 e. The van der Waals surface area contributed by atoms with E-state index in [0.717, 1.165) is 10.5 Å². The van der Waals surface area contributed by atoms with Crippen molar-refractivity contribution in [2.75, 3.05) is 0 Å². The first-order valence-electron chi connectivity index (χ1n) is 7.03. The second-order valence-electron chi connectivity index (χ2n) is 5.06. The van der Waals surface area contributed by atoms with Gasteiger partial charge in [-0.1, -0.05) is 30.3 Å². The Kier molecular flexibility index (Phi) is 3.24. The highest BCUT2D eigenvalue weighted by Crippen LogP contribution is 2.28. The molecule has 2 aromatic heterocycles. The molecule has 0 atom stereocenters. The molecule has 7 nitrogen and oxygen atoms in total. The van der Waals surface area contributed by atoms with Crippen LogP contribution in [-0.2, 0) is 9.59 Å². The summed E-state index contributed by atoms with van der Waals surface area (Å²) in [6.07, 6.45) is 3.27. The van der Waals surface area contributed by atoms with Crippen LogP contribution in [0.3, 0.4) is 0 Å². The third-order valence-electron chi connectivity index (χ3n) is 3.57. The van der Waals surface area contributed by atoms with Gasteiger partial charge in [0, 0.05) is 17.1 Å². The van der Waals surface area contributed by atoms with E-state index >= 15 is 0 Å². The first kappa shape index (κ1) is 14.3. The Morgan fingerprint density at radius 2 is 1.75 bits per heavy atom. The standard InChI is InChI=1S/C16H10N4O3S/c21-13-10(14(22)19-15(23)18-13)8-11-12(9-4-2-1-3-5-9)17-16-20(11)6-7-24-16/h1-8H,(H2,18,19,21,22,23). The molecule has 1 aromatic carbocycles. The number of nitrogens with zero attached hydrogens (tertiary/aromatic N) is 2. The topological polar surface area (TPSA) is 92.6 Å². The maximum atomic E-state index is 12.0. The first-order chi connectivity index (χ1) is 11.6. The molecule has 118 valence electrons. The summed E-state index contributed by atoms with van der Waals surface area (Å²) < 4.78 is 1.80. The van der Waals surface area contributed by atoms with Gasteiger partial charge in [-0.2, -0.15) is 0 Å². The van der Waals surface area contributed by atoms with Crippen molar-refractivity contribution in [2.24, 2.45) is 0 Å². The second kappa shape index (κ2) is 5.43. The third kappa shape index (κ3) is 2.29. The minimum atomic E-state index is -0.820. The van der Waals surface area contributed by atoms with Crippen LogP contribution in [0.25, 0.3) is 22.3 Å². The van der Waals surface area contributed by atoms with Gasteiger partial charge in [0.05, 0.1) is 11.4 Å². The van der Waals surface area contributed by atoms with Crippen LogP contribution < -0.4 is 10.6 Å². The Labute approximate surface area is 139 Å². The van der Waals surface area contributed by atoms with Crippen molar-refractivity contribution in [3.63, 3.8) is 0 Å². The predicted molar refractivity (Wildman–Crippen MR) is 88.2 cm³/mol. The number of imide groups is 2. The number of benzene rings is 1. The number of carbonyl (C=O) groups is 3. The lowest BCUT2D eigenvalue weighted by Gasteiger charge is -2.14. The molecule has 3 heterocycles. The molecule has 0 saturated carbocycles. The van der Waals surface area contributed by atoms with Gasteiger partial charge in [-0.25, -0.2) is 9.78 Å². The fraction of sp³-hybridized carbons (Fsp3) is 0. The average Bonchev–Trinajstić information content (AvgIpc) is 3.13. The molecule has 1 aliphatic heterocycles. The Morgan fingerprint density at radius 3 is 2.46 bits per heavy atom. The SMILES string of the molecule is O=C1NC(=O)C(=Cc2c(-c3ccccc3)nc3sccn23)C(=O)N1. The smallest absolute Gasteiger partial charge is 0.290 e. The van der Waals surface area contributed by atoms with Gasteiger partial charge in [-0.05, 0) is 6.08 Å². The number of urea groups is 1. The van der Waals surface area contributed by atoms with E-state index in [1.165, 1.54) is 17.4 Å². The lowest BCUT2D eigenvalue weighted by Crippen LogP contribution is -2.51. The summed E-state index contributed by atoms with van der Waals surface area (Å²) in [5.74, 6) is -1.46. The summed E-state index contributed by atoms with van der Waals surface area (Å²) in [7, 11) is 0. The normalized spacial score (nSPS) is 14.7. The van der Waals surface area contributed by atoms with Crippen molar-refractivity contribution in [1.29, 1.82) is 0 Å². The van der Waals surface area contributed by atoms with E-state index in [1.54, 1.807) is 4.40 Å². The van der Waals surface area contributed by atoms with Gasteiger partial charge in [-0.3, -0.25) is 24.6 Å². The minimum absolute atomic E-state index is 0.139. The van der Waals surface area contributed by atoms with Gasteiger partial charge in [0.2, 0.25) is 0 Å². The zero-order chi connectivity index (χ0) is 16.7. The molecule has 3 aromatic rings. The second-order valence-corrected chi connectivity index (χ2v) is 5.94. The number of barbiturate groups is 1. The van der Waals surface area contributed by atoms with Crippen LogP contribution in [0.15, 0.2) is 47.5 Å². The van der Waals surface area contributed by atoms with Gasteiger partial charge in [0.1, 0.15) is 5.57 Å².